The molecule has 0 fully saturated rings. The molecule has 0 aromatic carbocycles. The van der Waals surface area contributed by atoms with Crippen LogP contribution in [-0.4, -0.2) is 33.9 Å². The third-order valence-electron chi connectivity index (χ3n) is 1.93. The van der Waals surface area contributed by atoms with Gasteiger partial charge in [-0.25, -0.2) is 0 Å². The van der Waals surface area contributed by atoms with E-state index in [2.05, 4.69) is 32.6 Å². The number of hydrogen-bond donors (Lipinski definition) is 0. The molecule has 0 aromatic heterocycles. The first-order valence-corrected chi connectivity index (χ1v) is 7.87. The van der Waals surface area contributed by atoms with Gasteiger partial charge in [0.15, 0.2) is 0 Å². The summed E-state index contributed by atoms with van der Waals surface area (Å²) in [7, 11) is 0. The van der Waals surface area contributed by atoms with Crippen LogP contribution in [0.2, 0.25) is 0 Å². The third-order valence-corrected chi connectivity index (χ3v) is 3.81. The second kappa shape index (κ2) is 9.55. The molecule has 0 atom stereocenters. The van der Waals surface area contributed by atoms with Crippen LogP contribution in [0.15, 0.2) is 0 Å². The molecule has 96 valence electrons. The lowest BCUT2D eigenvalue weighted by atomic mass is 10.1. The summed E-state index contributed by atoms with van der Waals surface area (Å²) in [5, 5.41) is 0. The second-order valence-corrected chi connectivity index (χ2v) is 6.96. The number of hydrogen-bond acceptors (Lipinski definition) is 2. The topological polar surface area (TPSA) is 3.24 Å². The quantitative estimate of drug-likeness (QED) is 0.390. The number of alkyl halides is 1. The summed E-state index contributed by atoms with van der Waals surface area (Å²) in [6.45, 7) is 11.1. The smallest absolute Gasteiger partial charge is 0.136 e. The molecule has 1 nitrogen and oxygen atoms in total. The number of thioether (sulfide) groups is 1. The van der Waals surface area contributed by atoms with Crippen molar-refractivity contribution in [2.24, 2.45) is 11.8 Å². The highest BCUT2D eigenvalue weighted by Crippen LogP contribution is 2.15. The molecule has 0 unspecified atom stereocenters. The lowest BCUT2D eigenvalue weighted by Crippen LogP contribution is -2.34. The molecule has 0 radical (unpaired) electrons. The fourth-order valence-electron chi connectivity index (χ4n) is 1.41. The van der Waals surface area contributed by atoms with Crippen molar-refractivity contribution < 1.29 is 0 Å². The lowest BCUT2D eigenvalue weighted by molar-refractivity contribution is 0.337. The summed E-state index contributed by atoms with van der Waals surface area (Å²) in [6, 6.07) is 0. The average molecular weight is 282 g/mol. The van der Waals surface area contributed by atoms with Crippen LogP contribution in [0.3, 0.4) is 0 Å². The Labute approximate surface area is 115 Å². The van der Waals surface area contributed by atoms with E-state index in [4.69, 9.17) is 23.8 Å². The van der Waals surface area contributed by atoms with Crippen molar-refractivity contribution in [2.45, 2.75) is 34.1 Å². The molecular formula is C12H24ClNS2. The molecular weight excluding hydrogens is 258 g/mol. The van der Waals surface area contributed by atoms with E-state index in [1.807, 2.05) is 0 Å². The molecule has 0 saturated carbocycles. The van der Waals surface area contributed by atoms with Gasteiger partial charge in [-0.3, -0.25) is 0 Å². The fourth-order valence-corrected chi connectivity index (χ4v) is 2.90. The lowest BCUT2D eigenvalue weighted by Gasteiger charge is -2.28. The summed E-state index contributed by atoms with van der Waals surface area (Å²) < 4.78 is 1.03. The molecule has 0 rings (SSSR count). The van der Waals surface area contributed by atoms with Crippen molar-refractivity contribution in [3.63, 3.8) is 0 Å². The van der Waals surface area contributed by atoms with E-state index in [1.54, 1.807) is 11.8 Å². The molecule has 0 N–H and O–H groups in total. The number of rotatable bonds is 7. The largest absolute Gasteiger partial charge is 0.357 e. The van der Waals surface area contributed by atoms with Crippen molar-refractivity contribution in [1.82, 2.24) is 4.90 Å². The van der Waals surface area contributed by atoms with Gasteiger partial charge >= 0.3 is 0 Å². The van der Waals surface area contributed by atoms with Gasteiger partial charge in [-0.1, -0.05) is 51.7 Å². The monoisotopic (exact) mass is 281 g/mol. The predicted octanol–water partition coefficient (Wildman–Crippen LogP) is 4.25. The van der Waals surface area contributed by atoms with E-state index in [9.17, 15) is 0 Å². The fraction of sp³-hybridized carbons (Fsp3) is 0.917. The molecule has 0 bridgehead atoms. The normalized spacial score (nSPS) is 11.2. The number of nitrogens with zero attached hydrogens (tertiary/aromatic N) is 1. The highest BCUT2D eigenvalue weighted by atomic mass is 35.5. The molecule has 0 amide bonds. The third kappa shape index (κ3) is 8.66. The Morgan fingerprint density at radius 3 is 2.06 bits per heavy atom. The Bertz CT molecular complexity index is 185. The van der Waals surface area contributed by atoms with E-state index >= 15 is 0 Å². The summed E-state index contributed by atoms with van der Waals surface area (Å²) in [4.78, 5) is 2.34. The first-order chi connectivity index (χ1) is 7.47. The van der Waals surface area contributed by atoms with Gasteiger partial charge in [-0.05, 0) is 18.3 Å². The summed E-state index contributed by atoms with van der Waals surface area (Å²) >= 11 is 12.9. The van der Waals surface area contributed by atoms with E-state index in [1.165, 1.54) is 0 Å². The van der Waals surface area contributed by atoms with Gasteiger partial charge < -0.3 is 4.90 Å². The van der Waals surface area contributed by atoms with E-state index in [0.717, 1.165) is 35.5 Å². The Balaban J connectivity index is 4.10. The van der Waals surface area contributed by atoms with Gasteiger partial charge in [0.05, 0.1) is 0 Å². The van der Waals surface area contributed by atoms with Crippen LogP contribution in [0.4, 0.5) is 0 Å². The van der Waals surface area contributed by atoms with Crippen LogP contribution in [0.1, 0.15) is 34.1 Å². The van der Waals surface area contributed by atoms with Crippen molar-refractivity contribution >= 4 is 39.9 Å². The van der Waals surface area contributed by atoms with Crippen LogP contribution in [-0.2, 0) is 0 Å². The minimum absolute atomic E-state index is 0.658. The Morgan fingerprint density at radius 2 is 1.69 bits per heavy atom. The summed E-state index contributed by atoms with van der Waals surface area (Å²) in [5.41, 5.74) is 0. The summed E-state index contributed by atoms with van der Waals surface area (Å²) in [5.74, 6) is 3.08. The van der Waals surface area contributed by atoms with Crippen LogP contribution in [0.5, 0.6) is 0 Å². The van der Waals surface area contributed by atoms with E-state index in [0.29, 0.717) is 11.8 Å². The molecule has 0 saturated heterocycles. The first-order valence-electron chi connectivity index (χ1n) is 5.95. The zero-order valence-corrected chi connectivity index (χ0v) is 13.2. The Morgan fingerprint density at radius 1 is 1.19 bits per heavy atom. The van der Waals surface area contributed by atoms with Crippen LogP contribution in [0.25, 0.3) is 0 Å². The van der Waals surface area contributed by atoms with Crippen molar-refractivity contribution in [3.05, 3.63) is 0 Å². The number of halogens is 1. The molecule has 16 heavy (non-hydrogen) atoms. The maximum absolute atomic E-state index is 5.66. The summed E-state index contributed by atoms with van der Waals surface area (Å²) in [6.07, 6.45) is 1.03. The van der Waals surface area contributed by atoms with Gasteiger partial charge in [0, 0.05) is 24.7 Å². The molecule has 0 spiro atoms. The molecule has 0 aromatic rings. The van der Waals surface area contributed by atoms with Gasteiger partial charge in [0.1, 0.15) is 4.32 Å². The van der Waals surface area contributed by atoms with Crippen molar-refractivity contribution in [2.75, 3.05) is 24.7 Å². The van der Waals surface area contributed by atoms with Crippen LogP contribution in [0, 0.1) is 11.8 Å². The van der Waals surface area contributed by atoms with E-state index < -0.39 is 0 Å². The Hall–Kier alpha value is 0.530. The van der Waals surface area contributed by atoms with Crippen molar-refractivity contribution in [3.8, 4) is 0 Å². The van der Waals surface area contributed by atoms with Crippen LogP contribution < -0.4 is 0 Å². The maximum Gasteiger partial charge on any atom is 0.136 e. The molecule has 4 heteroatoms. The average Bonchev–Trinajstić information content (AvgIpc) is 2.15. The molecule has 0 aliphatic rings. The highest BCUT2D eigenvalue weighted by Gasteiger charge is 2.13. The minimum atomic E-state index is 0.658. The predicted molar refractivity (Wildman–Crippen MR) is 81.6 cm³/mol. The Kier molecular flexibility index (Phi) is 9.87. The number of thiocarbonyl (C=S) groups is 1. The zero-order chi connectivity index (χ0) is 12.6. The van der Waals surface area contributed by atoms with E-state index in [-0.39, 0.29) is 0 Å². The standard InChI is InChI=1S/C12H24ClNS2/c1-10(2)8-14(9-11(3)4)12(15)16-7-5-6-13/h10-11H,5-9H2,1-4H3. The maximum atomic E-state index is 5.66. The molecule has 0 heterocycles. The van der Waals surface area contributed by atoms with Crippen LogP contribution >= 0.6 is 35.6 Å². The minimum Gasteiger partial charge on any atom is -0.357 e. The molecule has 0 aliphatic heterocycles. The van der Waals surface area contributed by atoms with Gasteiger partial charge in [0.25, 0.3) is 0 Å². The molecule has 0 aliphatic carbocycles. The van der Waals surface area contributed by atoms with Gasteiger partial charge in [-0.15, -0.1) is 11.6 Å². The SMILES string of the molecule is CC(C)CN(CC(C)C)C(=S)SCCCCl. The van der Waals surface area contributed by atoms with Gasteiger partial charge in [-0.2, -0.15) is 0 Å². The highest BCUT2D eigenvalue weighted by molar-refractivity contribution is 8.22. The van der Waals surface area contributed by atoms with Gasteiger partial charge in [0.2, 0.25) is 0 Å². The first kappa shape index (κ1) is 16.5. The zero-order valence-electron chi connectivity index (χ0n) is 10.8. The van der Waals surface area contributed by atoms with Crippen molar-refractivity contribution in [1.29, 1.82) is 0 Å². The second-order valence-electron chi connectivity index (χ2n) is 4.85.